The quantitative estimate of drug-likeness (QED) is 0.273. The lowest BCUT2D eigenvalue weighted by atomic mass is 9.47. The van der Waals surface area contributed by atoms with Crippen LogP contribution in [0.15, 0.2) is 42.0 Å². The van der Waals surface area contributed by atoms with Crippen LogP contribution in [0.25, 0.3) is 0 Å². The molecule has 9 atom stereocenters. The number of benzene rings is 1. The van der Waals surface area contributed by atoms with Crippen molar-refractivity contribution in [3.63, 3.8) is 0 Å². The molecular formula is C35H52O2. The first-order valence-corrected chi connectivity index (χ1v) is 15.6. The van der Waals surface area contributed by atoms with Crippen LogP contribution in [0.2, 0.25) is 0 Å². The number of ether oxygens (including phenoxy) is 1. The second-order valence-corrected chi connectivity index (χ2v) is 14.4. The topological polar surface area (TPSA) is 26.3 Å². The van der Waals surface area contributed by atoms with Gasteiger partial charge in [0.15, 0.2) is 0 Å². The van der Waals surface area contributed by atoms with E-state index in [1.807, 2.05) is 30.3 Å². The van der Waals surface area contributed by atoms with E-state index in [0.29, 0.717) is 16.4 Å². The zero-order chi connectivity index (χ0) is 26.4. The third-order valence-corrected chi connectivity index (χ3v) is 12.3. The Morgan fingerprint density at radius 3 is 2.43 bits per heavy atom. The van der Waals surface area contributed by atoms with Crippen LogP contribution in [-0.4, -0.2) is 12.1 Å². The maximum Gasteiger partial charge on any atom is 0.338 e. The van der Waals surface area contributed by atoms with Crippen LogP contribution in [0.1, 0.15) is 116 Å². The van der Waals surface area contributed by atoms with Crippen molar-refractivity contribution in [2.24, 2.45) is 52.3 Å². The monoisotopic (exact) mass is 504 g/mol. The van der Waals surface area contributed by atoms with Gasteiger partial charge in [-0.15, -0.1) is 0 Å². The van der Waals surface area contributed by atoms with Gasteiger partial charge in [0.25, 0.3) is 0 Å². The Morgan fingerprint density at radius 2 is 1.70 bits per heavy atom. The molecule has 1 aromatic rings. The highest BCUT2D eigenvalue weighted by atomic mass is 16.5. The van der Waals surface area contributed by atoms with Crippen LogP contribution in [0.5, 0.6) is 0 Å². The summed E-state index contributed by atoms with van der Waals surface area (Å²) in [7, 11) is 0. The van der Waals surface area contributed by atoms with E-state index in [9.17, 15) is 4.79 Å². The molecule has 2 heteroatoms. The van der Waals surface area contributed by atoms with Gasteiger partial charge in [-0.05, 0) is 109 Å². The van der Waals surface area contributed by atoms with Crippen molar-refractivity contribution < 1.29 is 9.53 Å². The highest BCUT2D eigenvalue weighted by Gasteiger charge is 2.59. The van der Waals surface area contributed by atoms with Gasteiger partial charge < -0.3 is 4.74 Å². The van der Waals surface area contributed by atoms with Crippen LogP contribution in [0, 0.1) is 52.3 Å². The maximum absolute atomic E-state index is 12.7. The maximum atomic E-state index is 12.7. The third-order valence-electron chi connectivity index (χ3n) is 12.3. The van der Waals surface area contributed by atoms with Gasteiger partial charge in [-0.2, -0.15) is 0 Å². The molecule has 0 amide bonds. The summed E-state index contributed by atoms with van der Waals surface area (Å²) < 4.78 is 6.01. The van der Waals surface area contributed by atoms with Gasteiger partial charge in [0.05, 0.1) is 5.56 Å². The van der Waals surface area contributed by atoms with Crippen LogP contribution in [-0.2, 0) is 4.74 Å². The predicted molar refractivity (Wildman–Crippen MR) is 153 cm³/mol. The zero-order valence-corrected chi connectivity index (χ0v) is 24.5. The number of hydrogen-bond donors (Lipinski definition) is 0. The number of hydrogen-bond acceptors (Lipinski definition) is 2. The van der Waals surface area contributed by atoms with Gasteiger partial charge in [-0.1, -0.05) is 84.2 Å². The van der Waals surface area contributed by atoms with E-state index in [2.05, 4.69) is 47.6 Å². The number of fused-ring (bicyclic) bond motifs is 5. The summed E-state index contributed by atoms with van der Waals surface area (Å²) >= 11 is 0. The van der Waals surface area contributed by atoms with Crippen molar-refractivity contribution in [2.45, 2.75) is 112 Å². The number of rotatable bonds is 7. The molecular weight excluding hydrogens is 452 g/mol. The van der Waals surface area contributed by atoms with Gasteiger partial charge in [-0.25, -0.2) is 4.79 Å². The van der Waals surface area contributed by atoms with Gasteiger partial charge in [0.1, 0.15) is 6.10 Å². The number of carbonyl (C=O) groups excluding carboxylic acids is 1. The average molecular weight is 505 g/mol. The van der Waals surface area contributed by atoms with E-state index < -0.39 is 0 Å². The van der Waals surface area contributed by atoms with Crippen LogP contribution < -0.4 is 0 Å². The molecule has 0 N–H and O–H groups in total. The summed E-state index contributed by atoms with van der Waals surface area (Å²) in [6.45, 7) is 15.1. The first-order chi connectivity index (χ1) is 17.6. The van der Waals surface area contributed by atoms with Crippen molar-refractivity contribution in [3.05, 3.63) is 47.5 Å². The second-order valence-electron chi connectivity index (χ2n) is 14.4. The summed E-state index contributed by atoms with van der Waals surface area (Å²) in [4.78, 5) is 12.7. The van der Waals surface area contributed by atoms with Gasteiger partial charge in [0.2, 0.25) is 0 Å². The van der Waals surface area contributed by atoms with Crippen LogP contribution in [0.3, 0.4) is 0 Å². The van der Waals surface area contributed by atoms with Gasteiger partial charge >= 0.3 is 5.97 Å². The Bertz CT molecular complexity index is 978. The predicted octanol–water partition coefficient (Wildman–Crippen LogP) is 9.50. The number of carbonyl (C=O) groups is 1. The Morgan fingerprint density at radius 1 is 0.946 bits per heavy atom. The molecule has 37 heavy (non-hydrogen) atoms. The standard InChI is InChI=1S/C35H52O2/c1-23(2)24(3)12-13-25(4)30-16-17-31-29-15-14-27-22-28(37-33(36)26-10-8-7-9-11-26)18-20-34(27,5)32(29)19-21-35(30,31)6/h7-11,14,23-25,28-32H,12-13,15-22H2,1-6H3. The summed E-state index contributed by atoms with van der Waals surface area (Å²) in [6, 6.07) is 9.49. The summed E-state index contributed by atoms with van der Waals surface area (Å²) in [6.07, 6.45) is 15.5. The van der Waals surface area contributed by atoms with E-state index in [4.69, 9.17) is 4.74 Å². The van der Waals surface area contributed by atoms with Gasteiger partial charge in [-0.3, -0.25) is 0 Å². The molecule has 0 aromatic heterocycles. The van der Waals surface area contributed by atoms with Crippen LogP contribution in [0.4, 0.5) is 0 Å². The molecule has 1 aromatic carbocycles. The lowest BCUT2D eigenvalue weighted by Gasteiger charge is -2.58. The Kier molecular flexibility index (Phi) is 7.69. The lowest BCUT2D eigenvalue weighted by Crippen LogP contribution is -2.51. The summed E-state index contributed by atoms with van der Waals surface area (Å²) in [5, 5.41) is 0. The molecule has 4 aliphatic rings. The Hall–Kier alpha value is -1.57. The first-order valence-electron chi connectivity index (χ1n) is 15.6. The third kappa shape index (κ3) is 4.96. The van der Waals surface area contributed by atoms with E-state index in [1.165, 1.54) is 51.4 Å². The molecule has 5 rings (SSSR count). The largest absolute Gasteiger partial charge is 0.458 e. The molecule has 3 saturated carbocycles. The summed E-state index contributed by atoms with van der Waals surface area (Å²) in [5.41, 5.74) is 3.10. The highest BCUT2D eigenvalue weighted by molar-refractivity contribution is 5.89. The summed E-state index contributed by atoms with van der Waals surface area (Å²) in [5.74, 6) is 5.80. The minimum absolute atomic E-state index is 0.0300. The second kappa shape index (κ2) is 10.5. The van der Waals surface area contributed by atoms with Gasteiger partial charge in [0, 0.05) is 6.42 Å². The normalized spacial score (nSPS) is 38.7. The average Bonchev–Trinajstić information content (AvgIpc) is 3.25. The molecule has 0 heterocycles. The van der Waals surface area contributed by atoms with Crippen molar-refractivity contribution in [1.82, 2.24) is 0 Å². The fourth-order valence-corrected chi connectivity index (χ4v) is 9.56. The van der Waals surface area contributed by atoms with E-state index in [1.54, 1.807) is 5.57 Å². The fraction of sp³-hybridized carbons (Fsp3) is 0.743. The van der Waals surface area contributed by atoms with Crippen molar-refractivity contribution in [3.8, 4) is 0 Å². The smallest absolute Gasteiger partial charge is 0.338 e. The van der Waals surface area contributed by atoms with Crippen LogP contribution >= 0.6 is 0 Å². The Labute approximate surface area is 227 Å². The van der Waals surface area contributed by atoms with Crippen molar-refractivity contribution in [1.29, 1.82) is 0 Å². The SMILES string of the molecule is CC(C)C(C)CCC(C)C1CCC2C3CC=C4CC(OC(=O)c5ccccc5)CCC4(C)C3CCC12C. The number of esters is 1. The number of allylic oxidation sites excluding steroid dienone is 1. The minimum Gasteiger partial charge on any atom is -0.458 e. The Balaban J connectivity index is 1.25. The molecule has 4 aliphatic carbocycles. The highest BCUT2D eigenvalue weighted by Crippen LogP contribution is 2.67. The van der Waals surface area contributed by atoms with E-state index in [0.717, 1.165) is 54.3 Å². The fourth-order valence-electron chi connectivity index (χ4n) is 9.56. The molecule has 0 spiro atoms. The molecule has 0 radical (unpaired) electrons. The molecule has 2 nitrogen and oxygen atoms in total. The van der Waals surface area contributed by atoms with Crippen molar-refractivity contribution >= 4 is 5.97 Å². The molecule has 0 aliphatic heterocycles. The van der Waals surface area contributed by atoms with Crippen molar-refractivity contribution in [2.75, 3.05) is 0 Å². The zero-order valence-electron chi connectivity index (χ0n) is 24.5. The minimum atomic E-state index is -0.161. The van der Waals surface area contributed by atoms with E-state index >= 15 is 0 Å². The molecule has 9 unspecified atom stereocenters. The first kappa shape index (κ1) is 27.0. The van der Waals surface area contributed by atoms with E-state index in [-0.39, 0.29) is 12.1 Å². The molecule has 0 saturated heterocycles. The molecule has 0 bridgehead atoms. The molecule has 204 valence electrons. The lowest BCUT2D eigenvalue weighted by molar-refractivity contribution is -0.0596. The molecule has 3 fully saturated rings.